The van der Waals surface area contributed by atoms with Gasteiger partial charge in [-0.3, -0.25) is 23.7 Å². The molecule has 0 bridgehead atoms. The highest BCUT2D eigenvalue weighted by atomic mass is 16.2. The van der Waals surface area contributed by atoms with Crippen LogP contribution in [0.4, 0.5) is 0 Å². The number of aromatic nitrogens is 2. The SMILES string of the molecule is CC(C)c1ccc(CN2CCN(Cc3cc(=O)n(C)c(=O)n3C)CC2)cc1. The minimum absolute atomic E-state index is 0.239. The van der Waals surface area contributed by atoms with Gasteiger partial charge in [0.05, 0.1) is 0 Å². The highest BCUT2D eigenvalue weighted by Crippen LogP contribution is 2.16. The molecule has 1 aromatic carbocycles. The third-order valence-corrected chi connectivity index (χ3v) is 5.53. The molecule has 0 unspecified atom stereocenters. The second-order valence-corrected chi connectivity index (χ2v) is 7.82. The van der Waals surface area contributed by atoms with Crippen molar-refractivity contribution >= 4 is 0 Å². The summed E-state index contributed by atoms with van der Waals surface area (Å²) >= 11 is 0. The highest BCUT2D eigenvalue weighted by molar-refractivity contribution is 5.24. The van der Waals surface area contributed by atoms with Crippen molar-refractivity contribution in [2.24, 2.45) is 14.1 Å². The molecule has 1 aliphatic rings. The second kappa shape index (κ2) is 8.23. The van der Waals surface area contributed by atoms with Gasteiger partial charge in [0.2, 0.25) is 0 Å². The lowest BCUT2D eigenvalue weighted by molar-refractivity contribution is 0.120. The summed E-state index contributed by atoms with van der Waals surface area (Å²) < 4.78 is 2.72. The third kappa shape index (κ3) is 4.57. The molecule has 0 N–H and O–H groups in total. The van der Waals surface area contributed by atoms with Gasteiger partial charge in [-0.05, 0) is 17.0 Å². The predicted octanol–water partition coefficient (Wildman–Crippen LogP) is 1.53. The van der Waals surface area contributed by atoms with Crippen molar-refractivity contribution in [3.63, 3.8) is 0 Å². The molecule has 0 aliphatic carbocycles. The molecule has 27 heavy (non-hydrogen) atoms. The van der Waals surface area contributed by atoms with E-state index in [1.54, 1.807) is 17.7 Å². The minimum atomic E-state index is -0.263. The first-order valence-corrected chi connectivity index (χ1v) is 9.64. The summed E-state index contributed by atoms with van der Waals surface area (Å²) in [6, 6.07) is 10.5. The lowest BCUT2D eigenvalue weighted by Crippen LogP contribution is -2.46. The van der Waals surface area contributed by atoms with E-state index in [2.05, 4.69) is 47.9 Å². The summed E-state index contributed by atoms with van der Waals surface area (Å²) in [5.41, 5.74) is 3.00. The molecule has 2 aromatic rings. The zero-order valence-corrected chi connectivity index (χ0v) is 16.8. The van der Waals surface area contributed by atoms with Crippen LogP contribution >= 0.6 is 0 Å². The molecular weight excluding hydrogens is 340 g/mol. The fourth-order valence-corrected chi connectivity index (χ4v) is 3.53. The van der Waals surface area contributed by atoms with Gasteiger partial charge < -0.3 is 0 Å². The van der Waals surface area contributed by atoms with Crippen LogP contribution in [0.5, 0.6) is 0 Å². The van der Waals surface area contributed by atoms with Crippen LogP contribution < -0.4 is 11.2 Å². The molecule has 1 aliphatic heterocycles. The van der Waals surface area contributed by atoms with E-state index in [4.69, 9.17) is 0 Å². The summed E-state index contributed by atoms with van der Waals surface area (Å²) in [7, 11) is 3.25. The summed E-state index contributed by atoms with van der Waals surface area (Å²) in [6.07, 6.45) is 0. The van der Waals surface area contributed by atoms with Gasteiger partial charge in [0.25, 0.3) is 5.56 Å². The van der Waals surface area contributed by atoms with Gasteiger partial charge in [0.1, 0.15) is 0 Å². The largest absolute Gasteiger partial charge is 0.330 e. The number of benzene rings is 1. The summed E-state index contributed by atoms with van der Waals surface area (Å²) in [5, 5.41) is 0. The first-order chi connectivity index (χ1) is 12.8. The van der Waals surface area contributed by atoms with Crippen LogP contribution in [-0.2, 0) is 27.2 Å². The van der Waals surface area contributed by atoms with E-state index in [0.29, 0.717) is 12.5 Å². The van der Waals surface area contributed by atoms with E-state index in [0.717, 1.165) is 43.0 Å². The Labute approximate surface area is 160 Å². The van der Waals surface area contributed by atoms with Crippen molar-refractivity contribution in [3.8, 4) is 0 Å². The van der Waals surface area contributed by atoms with Crippen LogP contribution in [0.1, 0.15) is 36.6 Å². The number of hydrogen-bond donors (Lipinski definition) is 0. The minimum Gasteiger partial charge on any atom is -0.299 e. The lowest BCUT2D eigenvalue weighted by atomic mass is 10.0. The molecule has 1 aromatic heterocycles. The second-order valence-electron chi connectivity index (χ2n) is 7.82. The molecule has 3 rings (SSSR count). The number of rotatable bonds is 5. The molecule has 0 radical (unpaired) electrons. The molecule has 1 fully saturated rings. The zero-order chi connectivity index (χ0) is 19.6. The predicted molar refractivity (Wildman–Crippen MR) is 108 cm³/mol. The number of nitrogens with zero attached hydrogens (tertiary/aromatic N) is 4. The van der Waals surface area contributed by atoms with Gasteiger partial charge in [0, 0.05) is 65.1 Å². The summed E-state index contributed by atoms with van der Waals surface area (Å²) in [4.78, 5) is 28.7. The average Bonchev–Trinajstić information content (AvgIpc) is 2.66. The Morgan fingerprint density at radius 2 is 1.41 bits per heavy atom. The van der Waals surface area contributed by atoms with E-state index in [-0.39, 0.29) is 11.2 Å². The van der Waals surface area contributed by atoms with Crippen LogP contribution in [0.2, 0.25) is 0 Å². The molecule has 0 amide bonds. The summed E-state index contributed by atoms with van der Waals surface area (Å²) in [5.74, 6) is 0.563. The Hall–Kier alpha value is -2.18. The molecule has 0 atom stereocenters. The van der Waals surface area contributed by atoms with Gasteiger partial charge in [0.15, 0.2) is 0 Å². The van der Waals surface area contributed by atoms with Gasteiger partial charge in [-0.15, -0.1) is 0 Å². The maximum atomic E-state index is 12.1. The Kier molecular flexibility index (Phi) is 5.97. The fraction of sp³-hybridized carbons (Fsp3) is 0.524. The van der Waals surface area contributed by atoms with Gasteiger partial charge >= 0.3 is 5.69 Å². The van der Waals surface area contributed by atoms with Crippen molar-refractivity contribution < 1.29 is 0 Å². The third-order valence-electron chi connectivity index (χ3n) is 5.53. The first-order valence-electron chi connectivity index (χ1n) is 9.64. The first kappa shape index (κ1) is 19.6. The molecule has 0 saturated carbocycles. The van der Waals surface area contributed by atoms with Crippen molar-refractivity contribution in [3.05, 3.63) is 68.0 Å². The van der Waals surface area contributed by atoms with Crippen LogP contribution in [0.3, 0.4) is 0 Å². The zero-order valence-electron chi connectivity index (χ0n) is 16.8. The molecule has 6 heteroatoms. The molecule has 0 spiro atoms. The van der Waals surface area contributed by atoms with Crippen LogP contribution in [0, 0.1) is 0 Å². The van der Waals surface area contributed by atoms with E-state index < -0.39 is 0 Å². The Morgan fingerprint density at radius 1 is 0.852 bits per heavy atom. The maximum absolute atomic E-state index is 12.1. The monoisotopic (exact) mass is 370 g/mol. The standard InChI is InChI=1S/C21H30N4O2/c1-16(2)18-7-5-17(6-8-18)14-24-9-11-25(12-10-24)15-19-13-20(26)23(4)21(27)22(19)3/h5-8,13,16H,9-12,14-15H2,1-4H3. The molecule has 2 heterocycles. The Morgan fingerprint density at radius 3 is 1.96 bits per heavy atom. The van der Waals surface area contributed by atoms with Crippen LogP contribution in [0.15, 0.2) is 39.9 Å². The van der Waals surface area contributed by atoms with Crippen molar-refractivity contribution in [2.45, 2.75) is 32.9 Å². The number of piperazine rings is 1. The average molecular weight is 370 g/mol. The maximum Gasteiger partial charge on any atom is 0.330 e. The number of hydrogen-bond acceptors (Lipinski definition) is 4. The van der Waals surface area contributed by atoms with E-state index >= 15 is 0 Å². The molecule has 1 saturated heterocycles. The topological polar surface area (TPSA) is 50.5 Å². The highest BCUT2D eigenvalue weighted by Gasteiger charge is 2.18. The lowest BCUT2D eigenvalue weighted by Gasteiger charge is -2.35. The molecule has 146 valence electrons. The molecule has 6 nitrogen and oxygen atoms in total. The Balaban J connectivity index is 1.56. The van der Waals surface area contributed by atoms with E-state index in [1.807, 2.05) is 0 Å². The van der Waals surface area contributed by atoms with Crippen LogP contribution in [0.25, 0.3) is 0 Å². The van der Waals surface area contributed by atoms with E-state index in [9.17, 15) is 9.59 Å². The van der Waals surface area contributed by atoms with Gasteiger partial charge in [-0.2, -0.15) is 0 Å². The van der Waals surface area contributed by atoms with E-state index in [1.165, 1.54) is 18.2 Å². The normalized spacial score (nSPS) is 16.2. The van der Waals surface area contributed by atoms with Gasteiger partial charge in [-0.25, -0.2) is 4.79 Å². The van der Waals surface area contributed by atoms with Crippen molar-refractivity contribution in [1.29, 1.82) is 0 Å². The fourth-order valence-electron chi connectivity index (χ4n) is 3.53. The van der Waals surface area contributed by atoms with Gasteiger partial charge in [-0.1, -0.05) is 38.1 Å². The molecular formula is C21H30N4O2. The smallest absolute Gasteiger partial charge is 0.299 e. The Bertz CT molecular complexity index is 888. The van der Waals surface area contributed by atoms with Crippen molar-refractivity contribution in [2.75, 3.05) is 26.2 Å². The quantitative estimate of drug-likeness (QED) is 0.801. The summed E-state index contributed by atoms with van der Waals surface area (Å²) in [6.45, 7) is 9.89. The van der Waals surface area contributed by atoms with Crippen LogP contribution in [-0.4, -0.2) is 45.1 Å². The van der Waals surface area contributed by atoms with Crippen molar-refractivity contribution in [1.82, 2.24) is 18.9 Å².